The molecule has 0 aromatic heterocycles. The first kappa shape index (κ1) is 22.0. The van der Waals surface area contributed by atoms with Crippen LogP contribution in [0, 0.1) is 11.8 Å². The second-order valence-corrected chi connectivity index (χ2v) is 8.64. The van der Waals surface area contributed by atoms with Crippen LogP contribution in [0.1, 0.15) is 59.3 Å². The SMILES string of the molecule is CC(C)(C)OC(=O)N[C@@H](CC1CC1)C(=O)N[C@@H](C[C@@H]1CCCNC1=O)C(=O)O. The van der Waals surface area contributed by atoms with Gasteiger partial charge in [0.2, 0.25) is 11.8 Å². The molecule has 0 unspecified atom stereocenters. The molecule has 1 aliphatic carbocycles. The van der Waals surface area contributed by atoms with E-state index in [1.54, 1.807) is 20.8 Å². The highest BCUT2D eigenvalue weighted by Crippen LogP contribution is 2.33. The number of alkyl carbamates (subject to hydrolysis) is 1. The first-order valence-electron chi connectivity index (χ1n) is 9.85. The number of ether oxygens (including phenoxy) is 1. The Bertz CT molecular complexity index is 611. The van der Waals surface area contributed by atoms with Gasteiger partial charge >= 0.3 is 12.1 Å². The van der Waals surface area contributed by atoms with E-state index in [0.717, 1.165) is 19.3 Å². The van der Waals surface area contributed by atoms with Gasteiger partial charge in [-0.2, -0.15) is 0 Å². The molecule has 3 amide bonds. The molecule has 9 heteroatoms. The average Bonchev–Trinajstić information content (AvgIpc) is 3.37. The number of aliphatic carboxylic acids is 1. The van der Waals surface area contributed by atoms with Crippen molar-refractivity contribution in [1.29, 1.82) is 0 Å². The van der Waals surface area contributed by atoms with E-state index < -0.39 is 41.6 Å². The molecule has 0 aromatic carbocycles. The summed E-state index contributed by atoms with van der Waals surface area (Å²) in [4.78, 5) is 48.3. The van der Waals surface area contributed by atoms with Crippen LogP contribution in [0.5, 0.6) is 0 Å². The first-order chi connectivity index (χ1) is 13.0. The summed E-state index contributed by atoms with van der Waals surface area (Å²) in [6, 6.07) is -2.06. The van der Waals surface area contributed by atoms with E-state index in [-0.39, 0.29) is 12.3 Å². The van der Waals surface area contributed by atoms with Crippen LogP contribution in [-0.2, 0) is 19.1 Å². The molecule has 2 rings (SSSR count). The predicted molar refractivity (Wildman–Crippen MR) is 100 cm³/mol. The summed E-state index contributed by atoms with van der Waals surface area (Å²) in [7, 11) is 0. The zero-order chi connectivity index (χ0) is 20.9. The molecule has 1 saturated carbocycles. The van der Waals surface area contributed by atoms with Gasteiger partial charge in [0.1, 0.15) is 17.7 Å². The van der Waals surface area contributed by atoms with E-state index in [1.165, 1.54) is 0 Å². The van der Waals surface area contributed by atoms with E-state index in [9.17, 15) is 24.3 Å². The fourth-order valence-corrected chi connectivity index (χ4v) is 3.21. The van der Waals surface area contributed by atoms with Gasteiger partial charge in [-0.1, -0.05) is 12.8 Å². The maximum absolute atomic E-state index is 12.7. The van der Waals surface area contributed by atoms with Crippen LogP contribution in [0.3, 0.4) is 0 Å². The fourth-order valence-electron chi connectivity index (χ4n) is 3.21. The largest absolute Gasteiger partial charge is 0.480 e. The van der Waals surface area contributed by atoms with E-state index in [4.69, 9.17) is 4.74 Å². The van der Waals surface area contributed by atoms with Crippen molar-refractivity contribution in [3.05, 3.63) is 0 Å². The summed E-state index contributed by atoms with van der Waals surface area (Å²) in [6.07, 6.45) is 3.06. The van der Waals surface area contributed by atoms with E-state index >= 15 is 0 Å². The normalized spacial score (nSPS) is 21.8. The molecule has 1 heterocycles. The highest BCUT2D eigenvalue weighted by Gasteiger charge is 2.35. The summed E-state index contributed by atoms with van der Waals surface area (Å²) >= 11 is 0. The first-order valence-corrected chi connectivity index (χ1v) is 9.85. The lowest BCUT2D eigenvalue weighted by atomic mass is 9.91. The lowest BCUT2D eigenvalue weighted by molar-refractivity contribution is -0.143. The van der Waals surface area contributed by atoms with Crippen LogP contribution >= 0.6 is 0 Å². The number of piperidine rings is 1. The van der Waals surface area contributed by atoms with Crippen molar-refractivity contribution >= 4 is 23.9 Å². The molecule has 2 aliphatic rings. The van der Waals surface area contributed by atoms with Gasteiger partial charge in [-0.05, 0) is 52.4 Å². The van der Waals surface area contributed by atoms with Gasteiger partial charge < -0.3 is 25.8 Å². The van der Waals surface area contributed by atoms with Crippen LogP contribution < -0.4 is 16.0 Å². The third kappa shape index (κ3) is 7.36. The van der Waals surface area contributed by atoms with Crippen molar-refractivity contribution in [3.63, 3.8) is 0 Å². The summed E-state index contributed by atoms with van der Waals surface area (Å²) in [6.45, 7) is 5.75. The Morgan fingerprint density at radius 3 is 2.36 bits per heavy atom. The summed E-state index contributed by atoms with van der Waals surface area (Å²) in [5.41, 5.74) is -0.706. The second-order valence-electron chi connectivity index (χ2n) is 8.64. The molecular weight excluding hydrogens is 366 g/mol. The minimum absolute atomic E-state index is 0.0233. The van der Waals surface area contributed by atoms with Gasteiger partial charge in [-0.25, -0.2) is 9.59 Å². The predicted octanol–water partition coefficient (Wildman–Crippen LogP) is 1.17. The minimum atomic E-state index is -1.20. The van der Waals surface area contributed by atoms with Crippen molar-refractivity contribution in [2.24, 2.45) is 11.8 Å². The lowest BCUT2D eigenvalue weighted by Gasteiger charge is -2.27. The Kier molecular flexibility index (Phi) is 7.26. The molecular formula is C19H31N3O6. The van der Waals surface area contributed by atoms with Crippen molar-refractivity contribution in [3.8, 4) is 0 Å². The standard InChI is InChI=1S/C19H31N3O6/c1-19(2,3)28-18(27)22-13(9-11-6-7-11)16(24)21-14(17(25)26)10-12-5-4-8-20-15(12)23/h11-14H,4-10H2,1-3H3,(H,20,23)(H,21,24)(H,22,27)(H,25,26)/t12-,13-,14-/m0/s1. The lowest BCUT2D eigenvalue weighted by Crippen LogP contribution is -2.53. The van der Waals surface area contributed by atoms with Crippen molar-refractivity contribution in [2.45, 2.75) is 77.0 Å². The number of carboxylic acid groups (broad SMARTS) is 1. The molecule has 0 radical (unpaired) electrons. The van der Waals surface area contributed by atoms with E-state index in [2.05, 4.69) is 16.0 Å². The smallest absolute Gasteiger partial charge is 0.408 e. The molecule has 1 saturated heterocycles. The molecule has 2 fully saturated rings. The van der Waals surface area contributed by atoms with E-state index in [0.29, 0.717) is 25.3 Å². The van der Waals surface area contributed by atoms with E-state index in [1.807, 2.05) is 0 Å². The van der Waals surface area contributed by atoms with Gasteiger partial charge in [-0.3, -0.25) is 9.59 Å². The Labute approximate surface area is 165 Å². The third-order valence-corrected chi connectivity index (χ3v) is 4.81. The minimum Gasteiger partial charge on any atom is -0.480 e. The van der Waals surface area contributed by atoms with Crippen LogP contribution in [-0.4, -0.2) is 53.2 Å². The number of carbonyl (C=O) groups excluding carboxylic acids is 3. The Morgan fingerprint density at radius 2 is 1.82 bits per heavy atom. The van der Waals surface area contributed by atoms with Gasteiger partial charge in [0, 0.05) is 12.5 Å². The van der Waals surface area contributed by atoms with Crippen LogP contribution in [0.2, 0.25) is 0 Å². The fraction of sp³-hybridized carbons (Fsp3) is 0.789. The average molecular weight is 397 g/mol. The topological polar surface area (TPSA) is 134 Å². The number of hydrogen-bond acceptors (Lipinski definition) is 5. The number of carbonyl (C=O) groups is 4. The molecule has 158 valence electrons. The quantitative estimate of drug-likeness (QED) is 0.486. The molecule has 28 heavy (non-hydrogen) atoms. The van der Waals surface area contributed by atoms with Crippen molar-refractivity contribution < 1.29 is 29.0 Å². The third-order valence-electron chi connectivity index (χ3n) is 4.81. The van der Waals surface area contributed by atoms with Crippen LogP contribution in [0.15, 0.2) is 0 Å². The van der Waals surface area contributed by atoms with Crippen molar-refractivity contribution in [1.82, 2.24) is 16.0 Å². The van der Waals surface area contributed by atoms with Gasteiger partial charge in [0.05, 0.1) is 0 Å². The van der Waals surface area contributed by atoms with Crippen LogP contribution in [0.4, 0.5) is 4.79 Å². The molecule has 0 spiro atoms. The Balaban J connectivity index is 1.98. The molecule has 9 nitrogen and oxygen atoms in total. The highest BCUT2D eigenvalue weighted by molar-refractivity contribution is 5.89. The summed E-state index contributed by atoms with van der Waals surface area (Å²) in [5.74, 6) is -2.07. The molecule has 1 aliphatic heterocycles. The monoisotopic (exact) mass is 397 g/mol. The summed E-state index contributed by atoms with van der Waals surface area (Å²) < 4.78 is 5.21. The molecule has 4 N–H and O–H groups in total. The van der Waals surface area contributed by atoms with Crippen molar-refractivity contribution in [2.75, 3.05) is 6.54 Å². The number of carboxylic acids is 1. The molecule has 3 atom stereocenters. The van der Waals surface area contributed by atoms with Gasteiger partial charge in [0.15, 0.2) is 0 Å². The van der Waals surface area contributed by atoms with Crippen LogP contribution in [0.25, 0.3) is 0 Å². The highest BCUT2D eigenvalue weighted by atomic mass is 16.6. The van der Waals surface area contributed by atoms with Gasteiger partial charge in [0.25, 0.3) is 0 Å². The Hall–Kier alpha value is -2.32. The number of nitrogens with one attached hydrogen (secondary N) is 3. The zero-order valence-corrected chi connectivity index (χ0v) is 16.7. The maximum atomic E-state index is 12.7. The number of rotatable bonds is 8. The summed E-state index contributed by atoms with van der Waals surface area (Å²) in [5, 5.41) is 17.3. The maximum Gasteiger partial charge on any atom is 0.408 e. The number of amides is 3. The van der Waals surface area contributed by atoms with Gasteiger partial charge in [-0.15, -0.1) is 0 Å². The Morgan fingerprint density at radius 1 is 1.14 bits per heavy atom. The second kappa shape index (κ2) is 9.25. The number of hydrogen-bond donors (Lipinski definition) is 4. The zero-order valence-electron chi connectivity index (χ0n) is 16.7. The molecule has 0 bridgehead atoms. The molecule has 0 aromatic rings.